The van der Waals surface area contributed by atoms with E-state index in [0.717, 1.165) is 17.7 Å². The van der Waals surface area contributed by atoms with Gasteiger partial charge in [0.1, 0.15) is 0 Å². The Morgan fingerprint density at radius 1 is 0.957 bits per heavy atom. The number of aromatic nitrogens is 2. The van der Waals surface area contributed by atoms with Crippen LogP contribution < -0.4 is 11.2 Å². The first-order chi connectivity index (χ1) is 11.3. The Kier molecular flexibility index (Phi) is 4.59. The maximum Gasteiger partial charge on any atom is 0.222 e. The molecule has 0 bridgehead atoms. The van der Waals surface area contributed by atoms with Crippen LogP contribution in [0.25, 0.3) is 11.3 Å². The molecular formula is C18H17N5. The molecule has 0 amide bonds. The van der Waals surface area contributed by atoms with Gasteiger partial charge in [0.15, 0.2) is 5.82 Å². The van der Waals surface area contributed by atoms with Crippen LogP contribution in [0.5, 0.6) is 0 Å². The van der Waals surface area contributed by atoms with E-state index < -0.39 is 0 Å². The summed E-state index contributed by atoms with van der Waals surface area (Å²) in [6.07, 6.45) is 2.55. The molecule has 3 aromatic rings. The fourth-order valence-corrected chi connectivity index (χ4v) is 2.16. The molecule has 3 rings (SSSR count). The van der Waals surface area contributed by atoms with Crippen LogP contribution in [-0.4, -0.2) is 16.2 Å². The Bertz CT molecular complexity index is 785. The third kappa shape index (κ3) is 4.14. The van der Waals surface area contributed by atoms with E-state index in [0.29, 0.717) is 5.82 Å². The Morgan fingerprint density at radius 2 is 1.65 bits per heavy atom. The standard InChI is InChI=1S/C18H17N5/c19-18-21-16(15-9-5-2-6-10-15)13-17(22-18)23-20-12-11-14-7-3-1-4-8-14/h1-10,12-13H,11H2,(H3,19,21,22,23). The van der Waals surface area contributed by atoms with Crippen molar-refractivity contribution in [3.05, 3.63) is 72.3 Å². The first-order valence-electron chi connectivity index (χ1n) is 7.33. The van der Waals surface area contributed by atoms with Crippen molar-refractivity contribution < 1.29 is 0 Å². The van der Waals surface area contributed by atoms with Gasteiger partial charge in [-0.1, -0.05) is 60.7 Å². The zero-order chi connectivity index (χ0) is 15.9. The number of benzene rings is 2. The summed E-state index contributed by atoms with van der Waals surface area (Å²) in [5.74, 6) is 0.785. The van der Waals surface area contributed by atoms with Gasteiger partial charge < -0.3 is 5.73 Å². The van der Waals surface area contributed by atoms with Crippen molar-refractivity contribution >= 4 is 18.0 Å². The number of hydrazone groups is 1. The second-order valence-electron chi connectivity index (χ2n) is 4.98. The third-order valence-corrected chi connectivity index (χ3v) is 3.25. The molecule has 23 heavy (non-hydrogen) atoms. The molecule has 0 spiro atoms. The van der Waals surface area contributed by atoms with Crippen molar-refractivity contribution in [2.45, 2.75) is 6.42 Å². The highest BCUT2D eigenvalue weighted by atomic mass is 15.3. The average Bonchev–Trinajstić information content (AvgIpc) is 2.60. The van der Waals surface area contributed by atoms with E-state index in [1.54, 1.807) is 6.21 Å². The summed E-state index contributed by atoms with van der Waals surface area (Å²) >= 11 is 0. The predicted molar refractivity (Wildman–Crippen MR) is 94.1 cm³/mol. The van der Waals surface area contributed by atoms with Crippen LogP contribution in [0, 0.1) is 0 Å². The lowest BCUT2D eigenvalue weighted by atomic mass is 10.1. The molecule has 3 N–H and O–H groups in total. The van der Waals surface area contributed by atoms with E-state index in [4.69, 9.17) is 5.73 Å². The minimum atomic E-state index is 0.215. The van der Waals surface area contributed by atoms with Gasteiger partial charge in [-0.25, -0.2) is 4.98 Å². The highest BCUT2D eigenvalue weighted by molar-refractivity contribution is 5.66. The largest absolute Gasteiger partial charge is 0.368 e. The van der Waals surface area contributed by atoms with E-state index in [1.807, 2.05) is 54.6 Å². The molecule has 1 aromatic heterocycles. The summed E-state index contributed by atoms with van der Waals surface area (Å²) in [5.41, 5.74) is 11.6. The number of nitrogens with zero attached hydrogens (tertiary/aromatic N) is 3. The van der Waals surface area contributed by atoms with Crippen LogP contribution in [0.15, 0.2) is 71.8 Å². The highest BCUT2D eigenvalue weighted by Crippen LogP contribution is 2.20. The zero-order valence-electron chi connectivity index (χ0n) is 12.6. The summed E-state index contributed by atoms with van der Waals surface area (Å²) in [4.78, 5) is 8.40. The van der Waals surface area contributed by atoms with Crippen molar-refractivity contribution in [1.82, 2.24) is 9.97 Å². The van der Waals surface area contributed by atoms with Gasteiger partial charge >= 0.3 is 0 Å². The molecule has 5 nitrogen and oxygen atoms in total. The second-order valence-corrected chi connectivity index (χ2v) is 4.98. The van der Waals surface area contributed by atoms with Gasteiger partial charge in [0, 0.05) is 24.3 Å². The van der Waals surface area contributed by atoms with Gasteiger partial charge in [0.2, 0.25) is 5.95 Å². The molecule has 2 aromatic carbocycles. The predicted octanol–water partition coefficient (Wildman–Crippen LogP) is 3.37. The number of nitrogen functional groups attached to an aromatic ring is 1. The number of hydrogen-bond donors (Lipinski definition) is 2. The van der Waals surface area contributed by atoms with Crippen molar-refractivity contribution in [2.24, 2.45) is 5.10 Å². The van der Waals surface area contributed by atoms with E-state index >= 15 is 0 Å². The fourth-order valence-electron chi connectivity index (χ4n) is 2.16. The van der Waals surface area contributed by atoms with Gasteiger partial charge in [-0.05, 0) is 5.56 Å². The lowest BCUT2D eigenvalue weighted by molar-refractivity contribution is 1.15. The maximum atomic E-state index is 5.78. The van der Waals surface area contributed by atoms with Crippen LogP contribution in [0.2, 0.25) is 0 Å². The number of nitrogens with one attached hydrogen (secondary N) is 1. The number of anilines is 2. The molecule has 0 unspecified atom stereocenters. The minimum Gasteiger partial charge on any atom is -0.368 e. The van der Waals surface area contributed by atoms with Gasteiger partial charge in [0.25, 0.3) is 0 Å². The second kappa shape index (κ2) is 7.17. The van der Waals surface area contributed by atoms with Crippen LogP contribution in [0.4, 0.5) is 11.8 Å². The molecule has 0 saturated carbocycles. The van der Waals surface area contributed by atoms with E-state index in [9.17, 15) is 0 Å². The third-order valence-electron chi connectivity index (χ3n) is 3.25. The van der Waals surface area contributed by atoms with Crippen molar-refractivity contribution in [1.29, 1.82) is 0 Å². The average molecular weight is 303 g/mol. The van der Waals surface area contributed by atoms with Gasteiger partial charge in [0.05, 0.1) is 5.69 Å². The van der Waals surface area contributed by atoms with Gasteiger partial charge in [-0.2, -0.15) is 10.1 Å². The minimum absolute atomic E-state index is 0.215. The van der Waals surface area contributed by atoms with Gasteiger partial charge in [-0.15, -0.1) is 0 Å². The number of rotatable bonds is 5. The summed E-state index contributed by atoms with van der Waals surface area (Å²) in [5, 5.41) is 4.19. The fraction of sp³-hybridized carbons (Fsp3) is 0.0556. The number of hydrogen-bond acceptors (Lipinski definition) is 5. The Labute approximate surface area is 134 Å². The first kappa shape index (κ1) is 14.7. The molecule has 114 valence electrons. The Hall–Kier alpha value is -3.21. The zero-order valence-corrected chi connectivity index (χ0v) is 12.6. The van der Waals surface area contributed by atoms with E-state index in [2.05, 4.69) is 32.6 Å². The highest BCUT2D eigenvalue weighted by Gasteiger charge is 2.03. The molecule has 0 saturated heterocycles. The van der Waals surface area contributed by atoms with Crippen LogP contribution in [-0.2, 0) is 6.42 Å². The molecule has 0 aliphatic heterocycles. The molecular weight excluding hydrogens is 286 g/mol. The maximum absolute atomic E-state index is 5.78. The topological polar surface area (TPSA) is 76.2 Å². The first-order valence-corrected chi connectivity index (χ1v) is 7.33. The van der Waals surface area contributed by atoms with Crippen molar-refractivity contribution in [2.75, 3.05) is 11.2 Å². The van der Waals surface area contributed by atoms with Crippen molar-refractivity contribution in [3.8, 4) is 11.3 Å². The molecule has 1 heterocycles. The Balaban J connectivity index is 1.70. The smallest absolute Gasteiger partial charge is 0.222 e. The van der Waals surface area contributed by atoms with Crippen molar-refractivity contribution in [3.63, 3.8) is 0 Å². The number of nitrogens with two attached hydrogens (primary N) is 1. The Morgan fingerprint density at radius 3 is 2.39 bits per heavy atom. The quantitative estimate of drug-likeness (QED) is 0.559. The summed E-state index contributed by atoms with van der Waals surface area (Å²) < 4.78 is 0. The SMILES string of the molecule is Nc1nc(NN=CCc2ccccc2)cc(-c2ccccc2)n1. The molecule has 5 heteroatoms. The monoisotopic (exact) mass is 303 g/mol. The van der Waals surface area contributed by atoms with E-state index in [1.165, 1.54) is 5.56 Å². The van der Waals surface area contributed by atoms with Gasteiger partial charge in [-0.3, -0.25) is 5.43 Å². The lowest BCUT2D eigenvalue weighted by Gasteiger charge is -2.05. The molecule has 0 atom stereocenters. The molecule has 0 aliphatic rings. The molecule has 0 aliphatic carbocycles. The van der Waals surface area contributed by atoms with Crippen LogP contribution in [0.3, 0.4) is 0 Å². The summed E-state index contributed by atoms with van der Waals surface area (Å²) in [6, 6.07) is 21.8. The van der Waals surface area contributed by atoms with Crippen LogP contribution >= 0.6 is 0 Å². The molecule has 0 radical (unpaired) electrons. The molecule has 0 fully saturated rings. The summed E-state index contributed by atoms with van der Waals surface area (Å²) in [7, 11) is 0. The van der Waals surface area contributed by atoms with E-state index in [-0.39, 0.29) is 5.95 Å². The van der Waals surface area contributed by atoms with Crippen LogP contribution in [0.1, 0.15) is 5.56 Å². The summed E-state index contributed by atoms with van der Waals surface area (Å²) in [6.45, 7) is 0. The normalized spacial score (nSPS) is 10.8. The lowest BCUT2D eigenvalue weighted by Crippen LogP contribution is -2.01.